The van der Waals surface area contributed by atoms with E-state index < -0.39 is 0 Å². The summed E-state index contributed by atoms with van der Waals surface area (Å²) in [4.78, 5) is 34.0. The van der Waals surface area contributed by atoms with E-state index >= 15 is 0 Å². The molecule has 0 aliphatic carbocycles. The monoisotopic (exact) mass is 557 g/mol. The molecule has 3 aromatic rings. The average molecular weight is 559 g/mol. The van der Waals surface area contributed by atoms with E-state index in [1.54, 1.807) is 41.5 Å². The molecule has 6 nitrogen and oxygen atoms in total. The normalized spacial score (nSPS) is 20.0. The second-order valence-corrected chi connectivity index (χ2v) is 11.4. The molecule has 2 amide bonds. The van der Waals surface area contributed by atoms with Gasteiger partial charge in [0.2, 0.25) is 5.91 Å². The Kier molecular flexibility index (Phi) is 7.77. The number of fused-ring (bicyclic) bond motifs is 1. The molecule has 1 aromatic heterocycles. The van der Waals surface area contributed by atoms with Gasteiger partial charge in [0.25, 0.3) is 5.91 Å². The predicted molar refractivity (Wildman–Crippen MR) is 148 cm³/mol. The first-order valence-corrected chi connectivity index (χ1v) is 14.0. The van der Waals surface area contributed by atoms with Gasteiger partial charge in [0.1, 0.15) is 5.75 Å². The molecule has 0 N–H and O–H groups in total. The first-order chi connectivity index (χ1) is 17.9. The molecular formula is C28H29Cl2N3O3S. The molecule has 0 unspecified atom stereocenters. The Labute approximate surface area is 231 Å². The Bertz CT molecular complexity index is 1300. The highest BCUT2D eigenvalue weighted by atomic mass is 35.5. The first kappa shape index (κ1) is 26.0. The van der Waals surface area contributed by atoms with Crippen molar-refractivity contribution >= 4 is 46.4 Å². The van der Waals surface area contributed by atoms with Crippen LogP contribution in [0.2, 0.25) is 10.0 Å². The van der Waals surface area contributed by atoms with Gasteiger partial charge in [-0.3, -0.25) is 14.5 Å². The molecule has 9 heteroatoms. The van der Waals surface area contributed by atoms with Crippen LogP contribution < -0.4 is 4.74 Å². The van der Waals surface area contributed by atoms with E-state index in [0.29, 0.717) is 41.8 Å². The number of benzene rings is 2. The second-order valence-electron chi connectivity index (χ2n) is 9.51. The van der Waals surface area contributed by atoms with Crippen LogP contribution in [0.5, 0.6) is 5.75 Å². The Hall–Kier alpha value is -2.58. The number of ether oxygens (including phenoxy) is 1. The number of rotatable bonds is 5. The third-order valence-corrected chi connectivity index (χ3v) is 8.78. The number of piperazine rings is 1. The second kappa shape index (κ2) is 11.0. The molecule has 37 heavy (non-hydrogen) atoms. The summed E-state index contributed by atoms with van der Waals surface area (Å²) in [6, 6.07) is 15.1. The Morgan fingerprint density at radius 2 is 1.84 bits per heavy atom. The van der Waals surface area contributed by atoms with Crippen molar-refractivity contribution in [3.8, 4) is 5.75 Å². The number of nitrogens with zero attached hydrogens (tertiary/aromatic N) is 3. The largest absolute Gasteiger partial charge is 0.497 e. The minimum Gasteiger partial charge on any atom is -0.497 e. The summed E-state index contributed by atoms with van der Waals surface area (Å²) in [6.45, 7) is 4.56. The maximum absolute atomic E-state index is 13.5. The highest BCUT2D eigenvalue weighted by Gasteiger charge is 2.35. The molecule has 0 saturated carbocycles. The molecular weight excluding hydrogens is 529 g/mol. The van der Waals surface area contributed by atoms with Gasteiger partial charge in [-0.25, -0.2) is 0 Å². The van der Waals surface area contributed by atoms with Crippen molar-refractivity contribution in [2.75, 3.05) is 39.8 Å². The van der Waals surface area contributed by atoms with Crippen molar-refractivity contribution in [1.82, 2.24) is 14.7 Å². The third-order valence-electron chi connectivity index (χ3n) is 7.24. The molecule has 1 fully saturated rings. The van der Waals surface area contributed by atoms with Crippen LogP contribution in [-0.4, -0.2) is 72.4 Å². The summed E-state index contributed by atoms with van der Waals surface area (Å²) >= 11 is 14.1. The van der Waals surface area contributed by atoms with Crippen LogP contribution >= 0.6 is 34.5 Å². The fourth-order valence-corrected chi connectivity index (χ4v) is 6.69. The third kappa shape index (κ3) is 5.36. The van der Waals surface area contributed by atoms with E-state index in [2.05, 4.69) is 28.5 Å². The molecule has 0 bridgehead atoms. The molecule has 5 rings (SSSR count). The van der Waals surface area contributed by atoms with E-state index in [-0.39, 0.29) is 23.9 Å². The molecule has 0 spiro atoms. The fraction of sp³-hybridized carbons (Fsp3) is 0.357. The maximum Gasteiger partial charge on any atom is 0.255 e. The van der Waals surface area contributed by atoms with E-state index in [4.69, 9.17) is 27.9 Å². The van der Waals surface area contributed by atoms with Gasteiger partial charge < -0.3 is 14.5 Å². The van der Waals surface area contributed by atoms with Crippen molar-refractivity contribution in [2.24, 2.45) is 0 Å². The predicted octanol–water partition coefficient (Wildman–Crippen LogP) is 5.38. The number of amides is 2. The summed E-state index contributed by atoms with van der Waals surface area (Å²) in [7, 11) is 1.66. The molecule has 2 aromatic carbocycles. The summed E-state index contributed by atoms with van der Waals surface area (Å²) in [5.41, 5.74) is 2.86. The number of methoxy groups -OCH3 is 1. The zero-order chi connectivity index (χ0) is 26.1. The van der Waals surface area contributed by atoms with E-state index in [0.717, 1.165) is 24.3 Å². The topological polar surface area (TPSA) is 53.1 Å². The Balaban J connectivity index is 1.28. The minimum absolute atomic E-state index is 0.0252. The molecule has 2 aliphatic rings. The first-order valence-electron chi connectivity index (χ1n) is 12.3. The van der Waals surface area contributed by atoms with Gasteiger partial charge in [-0.15, -0.1) is 11.3 Å². The van der Waals surface area contributed by atoms with Crippen molar-refractivity contribution in [3.05, 3.63) is 85.5 Å². The van der Waals surface area contributed by atoms with Crippen LogP contribution in [0.25, 0.3) is 0 Å². The van der Waals surface area contributed by atoms with E-state index in [1.165, 1.54) is 10.4 Å². The van der Waals surface area contributed by atoms with Crippen molar-refractivity contribution < 1.29 is 14.3 Å². The fourth-order valence-electron chi connectivity index (χ4n) is 5.29. The van der Waals surface area contributed by atoms with Crippen LogP contribution in [-0.2, 0) is 11.2 Å². The SMILES string of the molecule is COc1ccc([C@H]2c3ccsc3CCN2CC(=O)N2CCN(C(=O)c3ccc(Cl)cc3Cl)[C@@H](C)C2)cc1. The zero-order valence-corrected chi connectivity index (χ0v) is 23.2. The molecule has 3 heterocycles. The number of hydrogen-bond donors (Lipinski definition) is 0. The maximum atomic E-state index is 13.5. The quantitative estimate of drug-likeness (QED) is 0.422. The van der Waals surface area contributed by atoms with Crippen molar-refractivity contribution in [2.45, 2.75) is 25.4 Å². The number of hydrogen-bond acceptors (Lipinski definition) is 5. The average Bonchev–Trinajstić information content (AvgIpc) is 3.37. The Morgan fingerprint density at radius 1 is 1.05 bits per heavy atom. The summed E-state index contributed by atoms with van der Waals surface area (Å²) in [5, 5.41) is 2.97. The zero-order valence-electron chi connectivity index (χ0n) is 20.8. The summed E-state index contributed by atoms with van der Waals surface area (Å²) in [5.74, 6) is 0.761. The highest BCUT2D eigenvalue weighted by molar-refractivity contribution is 7.10. The van der Waals surface area contributed by atoms with Gasteiger partial charge in [0, 0.05) is 42.1 Å². The highest BCUT2D eigenvalue weighted by Crippen LogP contribution is 2.38. The van der Waals surface area contributed by atoms with Gasteiger partial charge in [0.05, 0.1) is 30.3 Å². The van der Waals surface area contributed by atoms with Crippen LogP contribution in [0, 0.1) is 0 Å². The Morgan fingerprint density at radius 3 is 2.54 bits per heavy atom. The molecule has 0 radical (unpaired) electrons. The van der Waals surface area contributed by atoms with Crippen molar-refractivity contribution in [3.63, 3.8) is 0 Å². The van der Waals surface area contributed by atoms with Gasteiger partial charge >= 0.3 is 0 Å². The lowest BCUT2D eigenvalue weighted by Gasteiger charge is -2.42. The molecule has 2 atom stereocenters. The standard InChI is InChI=1S/C28H29Cl2N3O3S/c1-18-16-31(12-13-33(18)28(35)22-8-5-20(29)15-24(22)30)26(34)17-32-11-9-25-23(10-14-37-25)27(32)19-3-6-21(36-2)7-4-19/h3-8,10,14-15,18,27H,9,11-13,16-17H2,1-2H3/t18-,27-/m0/s1. The van der Waals surface area contributed by atoms with E-state index in [1.807, 2.05) is 24.0 Å². The van der Waals surface area contributed by atoms with Crippen molar-refractivity contribution in [1.29, 1.82) is 0 Å². The van der Waals surface area contributed by atoms with Gasteiger partial charge in [-0.05, 0) is 66.2 Å². The lowest BCUT2D eigenvalue weighted by molar-refractivity contribution is -0.135. The molecule has 1 saturated heterocycles. The van der Waals surface area contributed by atoms with Crippen LogP contribution in [0.3, 0.4) is 0 Å². The molecule has 194 valence electrons. The van der Waals surface area contributed by atoms with E-state index in [9.17, 15) is 9.59 Å². The lowest BCUT2D eigenvalue weighted by atomic mass is 9.93. The smallest absolute Gasteiger partial charge is 0.255 e. The minimum atomic E-state index is -0.137. The van der Waals surface area contributed by atoms with Gasteiger partial charge in [-0.2, -0.15) is 0 Å². The van der Waals surface area contributed by atoms with Crippen LogP contribution in [0.15, 0.2) is 53.9 Å². The summed E-state index contributed by atoms with van der Waals surface area (Å²) in [6.07, 6.45) is 0.938. The van der Waals surface area contributed by atoms with Crippen LogP contribution in [0.4, 0.5) is 0 Å². The van der Waals surface area contributed by atoms with Gasteiger partial charge in [-0.1, -0.05) is 35.3 Å². The number of halogens is 2. The molecule has 2 aliphatic heterocycles. The van der Waals surface area contributed by atoms with Gasteiger partial charge in [0.15, 0.2) is 0 Å². The van der Waals surface area contributed by atoms with Crippen LogP contribution in [0.1, 0.15) is 39.3 Å². The lowest BCUT2D eigenvalue weighted by Crippen LogP contribution is -2.57. The number of carbonyl (C=O) groups is 2. The number of carbonyl (C=O) groups excluding carboxylic acids is 2. The summed E-state index contributed by atoms with van der Waals surface area (Å²) < 4.78 is 5.34. The number of thiophene rings is 1.